The van der Waals surface area contributed by atoms with Crippen LogP contribution in [0.1, 0.15) is 9.67 Å². The van der Waals surface area contributed by atoms with E-state index in [9.17, 15) is 9.90 Å². The van der Waals surface area contributed by atoms with Gasteiger partial charge in [-0.25, -0.2) is 14.8 Å². The monoisotopic (exact) mass is 449 g/mol. The molecular weight excluding hydrogens is 437 g/mol. The third kappa shape index (κ3) is 3.39. The Labute approximate surface area is 179 Å². The molecule has 2 heterocycles. The molecule has 7 nitrogen and oxygen atoms in total. The second-order valence-electron chi connectivity index (χ2n) is 5.92. The Morgan fingerprint density at radius 2 is 1.83 bits per heavy atom. The van der Waals surface area contributed by atoms with Gasteiger partial charge < -0.3 is 14.6 Å². The number of ether oxygens (including phenoxy) is 2. The van der Waals surface area contributed by atoms with Crippen molar-refractivity contribution in [3.05, 3.63) is 51.6 Å². The Hall–Kier alpha value is -2.81. The first-order valence-electron chi connectivity index (χ1n) is 8.22. The molecule has 0 fully saturated rings. The van der Waals surface area contributed by atoms with Gasteiger partial charge in [-0.3, -0.25) is 4.57 Å². The lowest BCUT2D eigenvalue weighted by molar-refractivity contribution is 0.0702. The molecule has 10 heteroatoms. The number of nitrogens with zero attached hydrogens (tertiary/aromatic N) is 3. The summed E-state index contributed by atoms with van der Waals surface area (Å²) in [6, 6.07) is 8.39. The fourth-order valence-corrected chi connectivity index (χ4v) is 4.09. The van der Waals surface area contributed by atoms with E-state index in [1.807, 2.05) is 0 Å². The van der Waals surface area contributed by atoms with Gasteiger partial charge in [0.15, 0.2) is 16.6 Å². The normalized spacial score (nSPS) is 11.0. The van der Waals surface area contributed by atoms with Crippen LogP contribution in [0, 0.1) is 0 Å². The fourth-order valence-electron chi connectivity index (χ4n) is 2.88. The van der Waals surface area contributed by atoms with Gasteiger partial charge in [0.25, 0.3) is 0 Å². The number of halogens is 2. The van der Waals surface area contributed by atoms with Gasteiger partial charge in [-0.15, -0.1) is 0 Å². The number of aromatic nitrogens is 3. The lowest BCUT2D eigenvalue weighted by atomic mass is 10.1. The summed E-state index contributed by atoms with van der Waals surface area (Å²) in [5.41, 5.74) is 2.22. The summed E-state index contributed by atoms with van der Waals surface area (Å²) < 4.78 is 12.4. The molecule has 0 aliphatic carbocycles. The van der Waals surface area contributed by atoms with Crippen LogP contribution in [0.3, 0.4) is 0 Å². The van der Waals surface area contributed by atoms with Crippen molar-refractivity contribution in [2.75, 3.05) is 14.2 Å². The zero-order valence-corrected chi connectivity index (χ0v) is 17.5. The van der Waals surface area contributed by atoms with Gasteiger partial charge in [-0.2, -0.15) is 0 Å². The topological polar surface area (TPSA) is 86.5 Å². The Kier molecular flexibility index (Phi) is 5.08. The molecule has 0 aliphatic rings. The van der Waals surface area contributed by atoms with Crippen LogP contribution in [-0.4, -0.2) is 39.8 Å². The predicted molar refractivity (Wildman–Crippen MR) is 112 cm³/mol. The molecule has 0 radical (unpaired) electrons. The Balaban J connectivity index is 1.90. The number of carbonyl (C=O) groups is 1. The Morgan fingerprint density at radius 1 is 1.10 bits per heavy atom. The van der Waals surface area contributed by atoms with Crippen LogP contribution in [0.2, 0.25) is 10.0 Å². The highest BCUT2D eigenvalue weighted by atomic mass is 35.5. The van der Waals surface area contributed by atoms with Crippen molar-refractivity contribution in [3.63, 3.8) is 0 Å². The van der Waals surface area contributed by atoms with E-state index in [2.05, 4.69) is 9.97 Å². The summed E-state index contributed by atoms with van der Waals surface area (Å²) >= 11 is 13.1. The lowest BCUT2D eigenvalue weighted by Crippen LogP contribution is -1.95. The van der Waals surface area contributed by atoms with E-state index >= 15 is 0 Å². The van der Waals surface area contributed by atoms with E-state index in [0.29, 0.717) is 49.0 Å². The van der Waals surface area contributed by atoms with E-state index in [4.69, 9.17) is 32.7 Å². The van der Waals surface area contributed by atoms with Crippen LogP contribution in [0.15, 0.2) is 36.7 Å². The Bertz CT molecular complexity index is 1250. The number of carboxylic acids is 1. The number of methoxy groups -OCH3 is 2. The van der Waals surface area contributed by atoms with Gasteiger partial charge >= 0.3 is 5.97 Å². The molecule has 4 rings (SSSR count). The van der Waals surface area contributed by atoms with Gasteiger partial charge in [0.2, 0.25) is 0 Å². The lowest BCUT2D eigenvalue weighted by Gasteiger charge is -2.07. The molecule has 0 saturated carbocycles. The molecule has 148 valence electrons. The van der Waals surface area contributed by atoms with Crippen molar-refractivity contribution in [3.8, 4) is 27.9 Å². The molecule has 4 aromatic rings. The SMILES string of the molecule is COc1cc2ncn(-c3nc(-c4ccc(Cl)c(Cl)c4)c(C(=O)O)s3)c2cc1OC. The summed E-state index contributed by atoms with van der Waals surface area (Å²) in [6.07, 6.45) is 1.58. The largest absolute Gasteiger partial charge is 0.493 e. The first-order chi connectivity index (χ1) is 13.9. The molecule has 2 aromatic heterocycles. The molecule has 0 atom stereocenters. The van der Waals surface area contributed by atoms with Crippen LogP contribution >= 0.6 is 34.5 Å². The highest BCUT2D eigenvalue weighted by molar-refractivity contribution is 7.16. The quantitative estimate of drug-likeness (QED) is 0.452. The van der Waals surface area contributed by atoms with Crippen molar-refractivity contribution in [1.82, 2.24) is 14.5 Å². The number of aromatic carboxylic acids is 1. The smallest absolute Gasteiger partial charge is 0.348 e. The number of carboxylic acid groups (broad SMARTS) is 1. The minimum Gasteiger partial charge on any atom is -0.493 e. The first-order valence-corrected chi connectivity index (χ1v) is 9.79. The standard InChI is InChI=1S/C19H13Cl2N3O4S/c1-27-14-6-12-13(7-15(14)28-2)24(8-22-12)19-23-16(17(29-19)18(25)26)9-3-4-10(20)11(21)5-9/h3-8H,1-2H3,(H,25,26). The third-order valence-electron chi connectivity index (χ3n) is 4.26. The van der Waals surface area contributed by atoms with Gasteiger partial charge in [-0.1, -0.05) is 40.6 Å². The molecule has 0 saturated heterocycles. The number of hydrogen-bond donors (Lipinski definition) is 1. The molecule has 0 bridgehead atoms. The predicted octanol–water partition coefficient (Wildman–Crippen LogP) is 5.17. The molecule has 1 N–H and O–H groups in total. The number of fused-ring (bicyclic) bond motifs is 1. The average Bonchev–Trinajstić information content (AvgIpc) is 3.32. The summed E-state index contributed by atoms with van der Waals surface area (Å²) in [5.74, 6) is -0.00734. The maximum atomic E-state index is 11.8. The summed E-state index contributed by atoms with van der Waals surface area (Å²) in [4.78, 5) is 20.8. The maximum absolute atomic E-state index is 11.8. The number of benzene rings is 2. The third-order valence-corrected chi connectivity index (χ3v) is 6.04. The van der Waals surface area contributed by atoms with Crippen LogP contribution < -0.4 is 9.47 Å². The van der Waals surface area contributed by atoms with E-state index < -0.39 is 5.97 Å². The van der Waals surface area contributed by atoms with E-state index in [1.165, 1.54) is 0 Å². The molecule has 0 unspecified atom stereocenters. The molecular formula is C19H13Cl2N3O4S. The summed E-state index contributed by atoms with van der Waals surface area (Å²) in [5, 5.41) is 10.8. The first kappa shape index (κ1) is 19.5. The highest BCUT2D eigenvalue weighted by Crippen LogP contribution is 2.36. The van der Waals surface area contributed by atoms with Crippen molar-refractivity contribution >= 4 is 51.5 Å². The zero-order valence-electron chi connectivity index (χ0n) is 15.1. The average molecular weight is 450 g/mol. The zero-order chi connectivity index (χ0) is 20.7. The minimum atomic E-state index is -1.08. The number of imidazole rings is 1. The Morgan fingerprint density at radius 3 is 2.48 bits per heavy atom. The number of thiazole rings is 1. The second-order valence-corrected chi connectivity index (χ2v) is 7.71. The fraction of sp³-hybridized carbons (Fsp3) is 0.105. The minimum absolute atomic E-state index is 0.0840. The van der Waals surface area contributed by atoms with E-state index in [-0.39, 0.29) is 4.88 Å². The molecule has 0 spiro atoms. The van der Waals surface area contributed by atoms with E-state index in [1.54, 1.807) is 55.4 Å². The number of rotatable bonds is 5. The summed E-state index contributed by atoms with van der Waals surface area (Å²) in [7, 11) is 3.09. The molecule has 2 aromatic carbocycles. The maximum Gasteiger partial charge on any atom is 0.348 e. The highest BCUT2D eigenvalue weighted by Gasteiger charge is 2.22. The summed E-state index contributed by atoms with van der Waals surface area (Å²) in [6.45, 7) is 0. The second kappa shape index (κ2) is 7.55. The van der Waals surface area contributed by atoms with Crippen molar-refractivity contribution < 1.29 is 19.4 Å². The van der Waals surface area contributed by atoms with Gasteiger partial charge in [-0.05, 0) is 12.1 Å². The molecule has 0 amide bonds. The van der Waals surface area contributed by atoms with E-state index in [0.717, 1.165) is 11.3 Å². The number of hydrogen-bond acceptors (Lipinski definition) is 6. The van der Waals surface area contributed by atoms with Crippen LogP contribution in [0.5, 0.6) is 11.5 Å². The van der Waals surface area contributed by atoms with Crippen LogP contribution in [0.25, 0.3) is 27.4 Å². The van der Waals surface area contributed by atoms with Crippen LogP contribution in [0.4, 0.5) is 0 Å². The van der Waals surface area contributed by atoms with Gasteiger partial charge in [0.1, 0.15) is 11.2 Å². The van der Waals surface area contributed by atoms with Crippen molar-refractivity contribution in [2.45, 2.75) is 0 Å². The van der Waals surface area contributed by atoms with Gasteiger partial charge in [0, 0.05) is 17.7 Å². The molecule has 29 heavy (non-hydrogen) atoms. The van der Waals surface area contributed by atoms with Gasteiger partial charge in [0.05, 0.1) is 41.0 Å². The molecule has 0 aliphatic heterocycles. The van der Waals surface area contributed by atoms with Crippen LogP contribution in [-0.2, 0) is 0 Å². The van der Waals surface area contributed by atoms with Crippen molar-refractivity contribution in [2.24, 2.45) is 0 Å². The van der Waals surface area contributed by atoms with Crippen molar-refractivity contribution in [1.29, 1.82) is 0 Å².